The van der Waals surface area contributed by atoms with Crippen molar-refractivity contribution in [3.8, 4) is 0 Å². The molecule has 0 aromatic carbocycles. The number of nitrogens with zero attached hydrogens (tertiary/aromatic N) is 2. The molecule has 1 amide bonds. The Morgan fingerprint density at radius 1 is 1.67 bits per heavy atom. The van der Waals surface area contributed by atoms with E-state index in [0.29, 0.717) is 5.69 Å². The summed E-state index contributed by atoms with van der Waals surface area (Å²) in [6.07, 6.45) is 3.20. The fraction of sp³-hybridized carbons (Fsp3) is 0.143. The van der Waals surface area contributed by atoms with E-state index in [0.717, 1.165) is 0 Å². The van der Waals surface area contributed by atoms with Gasteiger partial charge in [0.25, 0.3) is 0 Å². The Labute approximate surface area is 81.8 Å². The quantitative estimate of drug-likeness (QED) is 0.522. The van der Waals surface area contributed by atoms with Crippen LogP contribution in [0.5, 0.6) is 0 Å². The molecule has 5 heteroatoms. The fourth-order valence-electron chi connectivity index (χ4n) is 0.654. The van der Waals surface area contributed by atoms with Crippen molar-refractivity contribution < 1.29 is 4.79 Å². The maximum Gasteiger partial charge on any atom is 0.320 e. The van der Waals surface area contributed by atoms with E-state index in [-0.39, 0.29) is 12.4 Å². The standard InChI is InChI=1S/C7H7ClN2O.ClH/c1-10(7(8)11)6-3-2-4-9-5-6;/h2-5H,1H3;1H. The van der Waals surface area contributed by atoms with Crippen LogP contribution in [-0.2, 0) is 0 Å². The molecule has 0 saturated heterocycles. The SMILES string of the molecule is CN(C(=O)Cl)c1cccnc1.Cl. The maximum atomic E-state index is 10.6. The molecule has 0 fully saturated rings. The summed E-state index contributed by atoms with van der Waals surface area (Å²) in [5.41, 5.74) is 0.688. The van der Waals surface area contributed by atoms with Crippen LogP contribution >= 0.6 is 24.0 Å². The third-order valence-corrected chi connectivity index (χ3v) is 1.55. The van der Waals surface area contributed by atoms with Gasteiger partial charge in [0, 0.05) is 13.2 Å². The molecule has 0 bridgehead atoms. The number of aromatic nitrogens is 1. The minimum absolute atomic E-state index is 0. The van der Waals surface area contributed by atoms with Crippen LogP contribution in [0.3, 0.4) is 0 Å². The number of amides is 1. The van der Waals surface area contributed by atoms with Crippen LogP contribution in [0.15, 0.2) is 24.5 Å². The summed E-state index contributed by atoms with van der Waals surface area (Å²) in [5, 5.41) is -0.516. The minimum Gasteiger partial charge on any atom is -0.300 e. The highest BCUT2D eigenvalue weighted by Crippen LogP contribution is 2.10. The van der Waals surface area contributed by atoms with Crippen LogP contribution in [-0.4, -0.2) is 17.4 Å². The topological polar surface area (TPSA) is 33.2 Å². The lowest BCUT2D eigenvalue weighted by Gasteiger charge is -2.11. The molecule has 12 heavy (non-hydrogen) atoms. The van der Waals surface area contributed by atoms with Crippen molar-refractivity contribution in [2.24, 2.45) is 0 Å². The van der Waals surface area contributed by atoms with Gasteiger partial charge < -0.3 is 4.90 Å². The lowest BCUT2D eigenvalue weighted by atomic mass is 10.4. The van der Waals surface area contributed by atoms with Gasteiger partial charge in [-0.1, -0.05) is 0 Å². The maximum absolute atomic E-state index is 10.6. The second-order valence-electron chi connectivity index (χ2n) is 2.02. The van der Waals surface area contributed by atoms with Gasteiger partial charge in [0.15, 0.2) is 0 Å². The lowest BCUT2D eigenvalue weighted by Crippen LogP contribution is -2.19. The Kier molecular flexibility index (Phi) is 4.62. The number of carbonyl (C=O) groups excluding carboxylic acids is 1. The number of carbonyl (C=O) groups is 1. The van der Waals surface area contributed by atoms with E-state index in [1.165, 1.54) is 4.90 Å². The van der Waals surface area contributed by atoms with Crippen LogP contribution in [0.2, 0.25) is 0 Å². The second-order valence-corrected chi connectivity index (χ2v) is 2.35. The van der Waals surface area contributed by atoms with Crippen LogP contribution < -0.4 is 4.90 Å². The number of pyridine rings is 1. The first kappa shape index (κ1) is 11.2. The molecule has 1 rings (SSSR count). The normalized spacial score (nSPS) is 8.50. The molecule has 0 N–H and O–H groups in total. The monoisotopic (exact) mass is 206 g/mol. The zero-order chi connectivity index (χ0) is 8.27. The summed E-state index contributed by atoms with van der Waals surface area (Å²) >= 11 is 5.22. The van der Waals surface area contributed by atoms with E-state index >= 15 is 0 Å². The number of anilines is 1. The molecule has 0 radical (unpaired) electrons. The molecule has 66 valence electrons. The van der Waals surface area contributed by atoms with E-state index in [1.54, 1.807) is 31.6 Å². The third kappa shape index (κ3) is 2.68. The van der Waals surface area contributed by atoms with Crippen molar-refractivity contribution in [2.45, 2.75) is 0 Å². The summed E-state index contributed by atoms with van der Waals surface area (Å²) in [5.74, 6) is 0. The van der Waals surface area contributed by atoms with Crippen molar-refractivity contribution in [1.82, 2.24) is 4.98 Å². The van der Waals surface area contributed by atoms with Crippen LogP contribution in [0.25, 0.3) is 0 Å². The Hall–Kier alpha value is -0.800. The zero-order valence-corrected chi connectivity index (χ0v) is 7.97. The van der Waals surface area contributed by atoms with Gasteiger partial charge >= 0.3 is 5.37 Å². The Morgan fingerprint density at radius 2 is 2.33 bits per heavy atom. The predicted molar refractivity (Wildman–Crippen MR) is 51.1 cm³/mol. The Morgan fingerprint density at radius 3 is 2.75 bits per heavy atom. The van der Waals surface area contributed by atoms with Gasteiger partial charge in [0.1, 0.15) is 0 Å². The van der Waals surface area contributed by atoms with Crippen molar-refractivity contribution in [2.75, 3.05) is 11.9 Å². The molecular formula is C7H8Cl2N2O. The molecular weight excluding hydrogens is 199 g/mol. The highest BCUT2D eigenvalue weighted by atomic mass is 35.5. The molecule has 0 aliphatic heterocycles. The second kappa shape index (κ2) is 4.95. The molecule has 0 aliphatic carbocycles. The van der Waals surface area contributed by atoms with Crippen molar-refractivity contribution in [1.29, 1.82) is 0 Å². The van der Waals surface area contributed by atoms with Gasteiger partial charge in [-0.15, -0.1) is 12.4 Å². The smallest absolute Gasteiger partial charge is 0.300 e. The average molecular weight is 207 g/mol. The minimum atomic E-state index is -0.516. The van der Waals surface area contributed by atoms with Crippen molar-refractivity contribution >= 4 is 35.1 Å². The van der Waals surface area contributed by atoms with Gasteiger partial charge in [-0.2, -0.15) is 0 Å². The number of hydrogen-bond donors (Lipinski definition) is 0. The van der Waals surface area contributed by atoms with E-state index in [4.69, 9.17) is 11.6 Å². The first-order chi connectivity index (χ1) is 5.22. The highest BCUT2D eigenvalue weighted by molar-refractivity contribution is 6.66. The van der Waals surface area contributed by atoms with Crippen LogP contribution in [0, 0.1) is 0 Å². The molecule has 0 spiro atoms. The average Bonchev–Trinajstić information content (AvgIpc) is 2.05. The lowest BCUT2D eigenvalue weighted by molar-refractivity contribution is 0.265. The van der Waals surface area contributed by atoms with E-state index in [9.17, 15) is 4.79 Å². The van der Waals surface area contributed by atoms with Gasteiger partial charge in [-0.25, -0.2) is 0 Å². The zero-order valence-electron chi connectivity index (χ0n) is 6.40. The molecule has 1 aromatic rings. The molecule has 1 aromatic heterocycles. The van der Waals surface area contributed by atoms with Crippen molar-refractivity contribution in [3.63, 3.8) is 0 Å². The number of rotatable bonds is 1. The van der Waals surface area contributed by atoms with E-state index in [2.05, 4.69) is 4.98 Å². The number of halogens is 2. The summed E-state index contributed by atoms with van der Waals surface area (Å²) in [6.45, 7) is 0. The molecule has 1 heterocycles. The summed E-state index contributed by atoms with van der Waals surface area (Å²) in [4.78, 5) is 15.8. The number of hydrogen-bond acceptors (Lipinski definition) is 2. The molecule has 0 saturated carbocycles. The van der Waals surface area contributed by atoms with Gasteiger partial charge in [-0.3, -0.25) is 9.78 Å². The summed E-state index contributed by atoms with van der Waals surface area (Å²) in [7, 11) is 1.59. The fourth-order valence-corrected chi connectivity index (χ4v) is 0.751. The van der Waals surface area contributed by atoms with Crippen LogP contribution in [0.4, 0.5) is 10.5 Å². The molecule has 3 nitrogen and oxygen atoms in total. The first-order valence-corrected chi connectivity index (χ1v) is 3.43. The molecule has 0 unspecified atom stereocenters. The molecule has 0 atom stereocenters. The van der Waals surface area contributed by atoms with E-state index in [1.807, 2.05) is 0 Å². The largest absolute Gasteiger partial charge is 0.320 e. The van der Waals surface area contributed by atoms with Crippen LogP contribution in [0.1, 0.15) is 0 Å². The first-order valence-electron chi connectivity index (χ1n) is 3.05. The van der Waals surface area contributed by atoms with Gasteiger partial charge in [0.05, 0.1) is 11.9 Å². The summed E-state index contributed by atoms with van der Waals surface area (Å²) < 4.78 is 0. The van der Waals surface area contributed by atoms with Gasteiger partial charge in [0.2, 0.25) is 0 Å². The Bertz CT molecular complexity index is 253. The van der Waals surface area contributed by atoms with Gasteiger partial charge in [-0.05, 0) is 23.7 Å². The predicted octanol–water partition coefficient (Wildman–Crippen LogP) is 2.30. The van der Waals surface area contributed by atoms with E-state index < -0.39 is 5.37 Å². The third-order valence-electron chi connectivity index (χ3n) is 1.30. The summed E-state index contributed by atoms with van der Waals surface area (Å²) in [6, 6.07) is 3.50. The van der Waals surface area contributed by atoms with Crippen molar-refractivity contribution in [3.05, 3.63) is 24.5 Å². The highest BCUT2D eigenvalue weighted by Gasteiger charge is 2.05. The Balaban J connectivity index is 0.00000121. The molecule has 0 aliphatic rings.